The monoisotopic (exact) mass is 429 g/mol. The number of carbonyl (C=O) groups excluding carboxylic acids is 3. The second-order valence-corrected chi connectivity index (χ2v) is 11.5. The third kappa shape index (κ3) is 4.17. The van der Waals surface area contributed by atoms with Gasteiger partial charge in [-0.2, -0.15) is 5.26 Å². The minimum atomic E-state index is -0.747. The topological polar surface area (TPSA) is 128 Å². The summed E-state index contributed by atoms with van der Waals surface area (Å²) in [5, 5.41) is 15.5. The lowest BCUT2D eigenvalue weighted by atomic mass is 9.67. The number of amides is 3. The van der Waals surface area contributed by atoms with E-state index < -0.39 is 23.5 Å². The molecule has 4 rings (SSSR count). The van der Waals surface area contributed by atoms with Gasteiger partial charge in [-0.25, -0.2) is 0 Å². The van der Waals surface area contributed by atoms with E-state index in [1.54, 1.807) is 4.90 Å². The predicted octanol–water partition coefficient (Wildman–Crippen LogP) is 1.20. The van der Waals surface area contributed by atoms with Crippen molar-refractivity contribution in [2.75, 3.05) is 6.54 Å². The number of nitriles is 1. The molecule has 2 saturated heterocycles. The maximum atomic E-state index is 13.2. The second kappa shape index (κ2) is 7.47. The number of nitrogens with one attached hydrogen (secondary N) is 2. The SMILES string of the molecule is CC(C)(C)C(N)C(=O)N1CC2(CCC2)C[C@H]1C(=O)N[C@H](C#N)C[C@@H]1CC2(CC2)NC1=O. The van der Waals surface area contributed by atoms with Gasteiger partial charge >= 0.3 is 0 Å². The molecule has 2 saturated carbocycles. The van der Waals surface area contributed by atoms with Crippen LogP contribution in [0.5, 0.6) is 0 Å². The van der Waals surface area contributed by atoms with Crippen molar-refractivity contribution < 1.29 is 14.4 Å². The highest BCUT2D eigenvalue weighted by Gasteiger charge is 2.54. The molecule has 2 heterocycles. The van der Waals surface area contributed by atoms with Crippen LogP contribution in [-0.4, -0.2) is 52.8 Å². The largest absolute Gasteiger partial charge is 0.350 e. The van der Waals surface area contributed by atoms with Crippen molar-refractivity contribution >= 4 is 17.7 Å². The highest BCUT2D eigenvalue weighted by atomic mass is 16.2. The molecule has 8 heteroatoms. The summed E-state index contributed by atoms with van der Waals surface area (Å²) in [6.07, 6.45) is 6.78. The van der Waals surface area contributed by atoms with E-state index in [2.05, 4.69) is 16.7 Å². The van der Waals surface area contributed by atoms with Gasteiger partial charge in [0.15, 0.2) is 0 Å². The Balaban J connectivity index is 1.44. The Bertz CT molecular complexity index is 818. The fourth-order valence-electron chi connectivity index (χ4n) is 5.46. The van der Waals surface area contributed by atoms with Crippen LogP contribution in [-0.2, 0) is 14.4 Å². The van der Waals surface area contributed by atoms with Crippen LogP contribution in [0.25, 0.3) is 0 Å². The lowest BCUT2D eigenvalue weighted by Gasteiger charge is -2.38. The average Bonchev–Trinajstić information content (AvgIpc) is 3.17. The van der Waals surface area contributed by atoms with Crippen molar-refractivity contribution in [1.82, 2.24) is 15.5 Å². The Hall–Kier alpha value is -2.14. The first-order valence-corrected chi connectivity index (χ1v) is 11.6. The number of rotatable bonds is 5. The maximum Gasteiger partial charge on any atom is 0.243 e. The van der Waals surface area contributed by atoms with E-state index in [0.717, 1.165) is 38.5 Å². The lowest BCUT2D eigenvalue weighted by Crippen LogP contribution is -2.55. The Kier molecular flexibility index (Phi) is 5.32. The van der Waals surface area contributed by atoms with Crippen LogP contribution in [0, 0.1) is 28.1 Å². The van der Waals surface area contributed by atoms with Gasteiger partial charge in [0.05, 0.1) is 12.1 Å². The first-order chi connectivity index (χ1) is 14.5. The zero-order valence-electron chi connectivity index (χ0n) is 18.9. The highest BCUT2D eigenvalue weighted by Crippen LogP contribution is 2.51. The molecule has 31 heavy (non-hydrogen) atoms. The van der Waals surface area contributed by atoms with E-state index in [1.165, 1.54) is 0 Å². The van der Waals surface area contributed by atoms with E-state index in [4.69, 9.17) is 5.73 Å². The van der Waals surface area contributed by atoms with E-state index in [1.807, 2.05) is 20.8 Å². The zero-order chi connectivity index (χ0) is 22.6. The quantitative estimate of drug-likeness (QED) is 0.605. The molecule has 0 aromatic rings. The normalized spacial score (nSPS) is 29.8. The number of hydrogen-bond acceptors (Lipinski definition) is 5. The molecule has 170 valence electrons. The van der Waals surface area contributed by atoms with Gasteiger partial charge in [-0.3, -0.25) is 14.4 Å². The average molecular weight is 430 g/mol. The standard InChI is InChI=1S/C23H35N5O3/c1-21(2,3)17(25)20(31)28-13-22(5-4-6-22)11-16(28)19(30)26-15(12-24)9-14-10-23(7-8-23)27-18(14)29/h14-17H,4-11,13,25H2,1-3H3,(H,26,30)(H,27,29)/t14-,15+,16+,17?/m1/s1. The Morgan fingerprint density at radius 1 is 1.29 bits per heavy atom. The molecule has 2 aliphatic heterocycles. The predicted molar refractivity (Wildman–Crippen MR) is 114 cm³/mol. The van der Waals surface area contributed by atoms with Crippen LogP contribution in [0.1, 0.15) is 72.1 Å². The highest BCUT2D eigenvalue weighted by molar-refractivity contribution is 5.91. The Morgan fingerprint density at radius 2 is 1.97 bits per heavy atom. The fourth-order valence-corrected chi connectivity index (χ4v) is 5.46. The summed E-state index contributed by atoms with van der Waals surface area (Å²) in [5.74, 6) is -0.768. The first-order valence-electron chi connectivity index (χ1n) is 11.6. The van der Waals surface area contributed by atoms with Gasteiger partial charge in [-0.15, -0.1) is 0 Å². The van der Waals surface area contributed by atoms with Crippen molar-refractivity contribution in [3.63, 3.8) is 0 Å². The van der Waals surface area contributed by atoms with Crippen LogP contribution in [0.4, 0.5) is 0 Å². The maximum absolute atomic E-state index is 13.2. The van der Waals surface area contributed by atoms with Gasteiger partial charge in [0.25, 0.3) is 0 Å². The van der Waals surface area contributed by atoms with Crippen molar-refractivity contribution in [2.45, 2.75) is 95.8 Å². The van der Waals surface area contributed by atoms with Crippen molar-refractivity contribution in [3.05, 3.63) is 0 Å². The van der Waals surface area contributed by atoms with Crippen LogP contribution < -0.4 is 16.4 Å². The number of nitrogens with zero attached hydrogens (tertiary/aromatic N) is 2. The number of likely N-dealkylation sites (tertiary alicyclic amines) is 1. The van der Waals surface area contributed by atoms with E-state index in [-0.39, 0.29) is 34.6 Å². The molecule has 4 atom stereocenters. The van der Waals surface area contributed by atoms with Gasteiger partial charge in [0.1, 0.15) is 12.1 Å². The molecule has 2 spiro atoms. The summed E-state index contributed by atoms with van der Waals surface area (Å²) in [7, 11) is 0. The third-order valence-corrected chi connectivity index (χ3v) is 7.95. The van der Waals surface area contributed by atoms with Gasteiger partial charge in [0.2, 0.25) is 17.7 Å². The smallest absolute Gasteiger partial charge is 0.243 e. The number of hydrogen-bond donors (Lipinski definition) is 3. The van der Waals surface area contributed by atoms with Crippen molar-refractivity contribution in [1.29, 1.82) is 5.26 Å². The van der Waals surface area contributed by atoms with E-state index in [9.17, 15) is 19.6 Å². The van der Waals surface area contributed by atoms with Crippen LogP contribution in [0.15, 0.2) is 0 Å². The summed E-state index contributed by atoms with van der Waals surface area (Å²) >= 11 is 0. The zero-order valence-corrected chi connectivity index (χ0v) is 18.9. The summed E-state index contributed by atoms with van der Waals surface area (Å²) in [6, 6.07) is 0.104. The molecule has 1 unspecified atom stereocenters. The lowest BCUT2D eigenvalue weighted by molar-refractivity contribution is -0.141. The minimum Gasteiger partial charge on any atom is -0.350 e. The summed E-state index contributed by atoms with van der Waals surface area (Å²) in [5.41, 5.74) is 5.79. The molecule has 0 aromatic heterocycles. The van der Waals surface area contributed by atoms with Gasteiger partial charge < -0.3 is 21.3 Å². The molecule has 4 fully saturated rings. The van der Waals surface area contributed by atoms with Gasteiger partial charge in [0, 0.05) is 18.0 Å². The second-order valence-electron chi connectivity index (χ2n) is 11.5. The molecule has 8 nitrogen and oxygen atoms in total. The van der Waals surface area contributed by atoms with Crippen LogP contribution in [0.2, 0.25) is 0 Å². The Labute approximate surface area is 184 Å². The van der Waals surface area contributed by atoms with Crippen LogP contribution >= 0.6 is 0 Å². The number of nitrogens with two attached hydrogens (primary N) is 1. The summed E-state index contributed by atoms with van der Waals surface area (Å²) in [6.45, 7) is 6.32. The molecule has 4 aliphatic rings. The van der Waals surface area contributed by atoms with Crippen molar-refractivity contribution in [2.24, 2.45) is 22.5 Å². The molecular weight excluding hydrogens is 394 g/mol. The van der Waals surface area contributed by atoms with E-state index >= 15 is 0 Å². The number of carbonyl (C=O) groups is 3. The fraction of sp³-hybridized carbons (Fsp3) is 0.826. The first kappa shape index (κ1) is 22.1. The molecular formula is C23H35N5O3. The van der Waals surface area contributed by atoms with Crippen molar-refractivity contribution in [3.8, 4) is 6.07 Å². The molecule has 4 N–H and O–H groups in total. The summed E-state index contributed by atoms with van der Waals surface area (Å²) in [4.78, 5) is 40.3. The van der Waals surface area contributed by atoms with Crippen LogP contribution in [0.3, 0.4) is 0 Å². The molecule has 2 aliphatic carbocycles. The molecule has 0 aromatic carbocycles. The molecule has 3 amide bonds. The van der Waals surface area contributed by atoms with Gasteiger partial charge in [-0.05, 0) is 55.8 Å². The molecule has 0 bridgehead atoms. The Morgan fingerprint density at radius 3 is 2.45 bits per heavy atom. The summed E-state index contributed by atoms with van der Waals surface area (Å²) < 4.78 is 0. The van der Waals surface area contributed by atoms with E-state index in [0.29, 0.717) is 19.4 Å². The third-order valence-electron chi connectivity index (χ3n) is 7.95. The van der Waals surface area contributed by atoms with Gasteiger partial charge in [-0.1, -0.05) is 27.2 Å². The minimum absolute atomic E-state index is 0.00110. The molecule has 0 radical (unpaired) electrons.